The molecule has 0 spiro atoms. The van der Waals surface area contributed by atoms with Gasteiger partial charge in [0, 0.05) is 0 Å². The predicted molar refractivity (Wildman–Crippen MR) is 36.9 cm³/mol. The van der Waals surface area contributed by atoms with Crippen molar-refractivity contribution in [3.05, 3.63) is 0 Å². The Morgan fingerprint density at radius 1 is 1.62 bits per heavy atom. The molecular formula is C6H12NSe+. The van der Waals surface area contributed by atoms with Gasteiger partial charge in [-0.2, -0.15) is 0 Å². The summed E-state index contributed by atoms with van der Waals surface area (Å²) >= 11 is 0.769. The van der Waals surface area contributed by atoms with Gasteiger partial charge in [0.2, 0.25) is 0 Å². The maximum absolute atomic E-state index is 2.40. The zero-order valence-electron chi connectivity index (χ0n) is 5.48. The van der Waals surface area contributed by atoms with Gasteiger partial charge < -0.3 is 0 Å². The van der Waals surface area contributed by atoms with E-state index in [9.17, 15) is 0 Å². The van der Waals surface area contributed by atoms with Gasteiger partial charge in [0.05, 0.1) is 0 Å². The van der Waals surface area contributed by atoms with Gasteiger partial charge in [-0.05, 0) is 0 Å². The topological polar surface area (TPSA) is 3.01 Å². The van der Waals surface area contributed by atoms with Crippen molar-refractivity contribution >= 4 is 19.6 Å². The number of hydrogen-bond donors (Lipinski definition) is 0. The molecule has 1 rings (SSSR count). The second-order valence-electron chi connectivity index (χ2n) is 2.12. The molecule has 0 unspecified atom stereocenters. The van der Waals surface area contributed by atoms with Crippen LogP contribution in [0.4, 0.5) is 0 Å². The minimum atomic E-state index is 0.769. The van der Waals surface area contributed by atoms with Crippen LogP contribution in [-0.2, 0) is 0 Å². The Morgan fingerprint density at radius 3 is 2.62 bits per heavy atom. The molecule has 1 heterocycles. The molecule has 0 bridgehead atoms. The molecule has 0 N–H and O–H groups in total. The second kappa shape index (κ2) is 2.65. The average molecular weight is 177 g/mol. The van der Waals surface area contributed by atoms with Crippen LogP contribution in [0.1, 0.15) is 12.8 Å². The predicted octanol–water partition coefficient (Wildman–Crippen LogP) is 0.573. The number of nitrogens with zero attached hydrogens (tertiary/aromatic N) is 1. The minimum absolute atomic E-state index is 0.769. The Kier molecular flexibility index (Phi) is 2.09. The molecule has 0 aromatic carbocycles. The van der Waals surface area contributed by atoms with Crippen LogP contribution in [0.5, 0.6) is 0 Å². The van der Waals surface area contributed by atoms with Crippen LogP contribution in [0.2, 0.25) is 5.82 Å². The summed E-state index contributed by atoms with van der Waals surface area (Å²) in [4.78, 5) is 0. The number of hydrogen-bond acceptors (Lipinski definition) is 0. The molecule has 1 aliphatic rings. The van der Waals surface area contributed by atoms with Crippen molar-refractivity contribution in [1.82, 2.24) is 0 Å². The second-order valence-corrected chi connectivity index (χ2v) is 3.97. The van der Waals surface area contributed by atoms with E-state index in [2.05, 4.69) is 17.4 Å². The summed E-state index contributed by atoms with van der Waals surface area (Å²) in [5.74, 6) is 2.30. The van der Waals surface area contributed by atoms with Gasteiger partial charge in [0.25, 0.3) is 0 Å². The fourth-order valence-corrected chi connectivity index (χ4v) is 2.62. The standard InChI is InChI=1S/C6H12NSe/c1-7-5-3-4-6(7)8-2/h3-5H2,1-2H3/q+1. The summed E-state index contributed by atoms with van der Waals surface area (Å²) in [6.45, 7) is 1.30. The molecule has 0 fully saturated rings. The van der Waals surface area contributed by atoms with E-state index in [1.54, 1.807) is 4.61 Å². The summed E-state index contributed by atoms with van der Waals surface area (Å²) in [7, 11) is 2.20. The summed E-state index contributed by atoms with van der Waals surface area (Å²) in [6.07, 6.45) is 2.76. The maximum atomic E-state index is 2.40. The van der Waals surface area contributed by atoms with E-state index in [1.807, 2.05) is 0 Å². The van der Waals surface area contributed by atoms with Crippen LogP contribution >= 0.6 is 0 Å². The molecule has 0 saturated carbocycles. The first-order valence-electron chi connectivity index (χ1n) is 2.95. The SMILES string of the molecule is C[Se]C1=[N+](C)CCC1. The first kappa shape index (κ1) is 6.31. The van der Waals surface area contributed by atoms with Crippen LogP contribution in [0.15, 0.2) is 0 Å². The molecule has 0 radical (unpaired) electrons. The normalized spacial score (nSPS) is 20.2. The Hall–Kier alpha value is 0.189. The Labute approximate surface area is 56.9 Å². The van der Waals surface area contributed by atoms with E-state index in [-0.39, 0.29) is 0 Å². The Bertz CT molecular complexity index is 118. The summed E-state index contributed by atoms with van der Waals surface area (Å²) in [6, 6.07) is 0. The van der Waals surface area contributed by atoms with Crippen LogP contribution in [0.25, 0.3) is 0 Å². The molecular weight excluding hydrogens is 165 g/mol. The van der Waals surface area contributed by atoms with Crippen molar-refractivity contribution in [3.63, 3.8) is 0 Å². The third-order valence-electron chi connectivity index (χ3n) is 1.55. The fourth-order valence-electron chi connectivity index (χ4n) is 1.04. The van der Waals surface area contributed by atoms with Gasteiger partial charge in [0.1, 0.15) is 0 Å². The molecule has 8 heavy (non-hydrogen) atoms. The molecule has 0 atom stereocenters. The zero-order valence-corrected chi connectivity index (χ0v) is 7.19. The van der Waals surface area contributed by atoms with E-state index >= 15 is 0 Å². The van der Waals surface area contributed by atoms with E-state index in [0.717, 1.165) is 15.0 Å². The Morgan fingerprint density at radius 2 is 2.38 bits per heavy atom. The van der Waals surface area contributed by atoms with Gasteiger partial charge in [0.15, 0.2) is 0 Å². The third-order valence-corrected chi connectivity index (χ3v) is 3.62. The van der Waals surface area contributed by atoms with Gasteiger partial charge in [-0.25, -0.2) is 0 Å². The molecule has 0 aromatic heterocycles. The molecule has 46 valence electrons. The fraction of sp³-hybridized carbons (Fsp3) is 0.833. The van der Waals surface area contributed by atoms with Crippen LogP contribution in [0, 0.1) is 0 Å². The summed E-state index contributed by atoms with van der Waals surface area (Å²) in [5.41, 5.74) is 0. The molecule has 1 aliphatic heterocycles. The monoisotopic (exact) mass is 178 g/mol. The molecule has 2 heteroatoms. The van der Waals surface area contributed by atoms with Crippen molar-refractivity contribution < 1.29 is 4.58 Å². The molecule has 0 aromatic rings. The molecule has 1 nitrogen and oxygen atoms in total. The van der Waals surface area contributed by atoms with Crippen LogP contribution < -0.4 is 0 Å². The molecule has 0 aliphatic carbocycles. The van der Waals surface area contributed by atoms with Crippen molar-refractivity contribution in [2.24, 2.45) is 0 Å². The summed E-state index contributed by atoms with van der Waals surface area (Å²) < 4.78 is 4.09. The van der Waals surface area contributed by atoms with E-state index in [1.165, 1.54) is 19.4 Å². The van der Waals surface area contributed by atoms with Crippen molar-refractivity contribution in [3.8, 4) is 0 Å². The van der Waals surface area contributed by atoms with E-state index in [4.69, 9.17) is 0 Å². The average Bonchev–Trinajstić information content (AvgIpc) is 2.14. The van der Waals surface area contributed by atoms with Gasteiger partial charge in [-0.1, -0.05) is 0 Å². The molecule has 0 amide bonds. The summed E-state index contributed by atoms with van der Waals surface area (Å²) in [5, 5.41) is 0. The van der Waals surface area contributed by atoms with Crippen LogP contribution in [0.3, 0.4) is 0 Å². The Balaban J connectivity index is 2.58. The van der Waals surface area contributed by atoms with Crippen molar-refractivity contribution in [2.75, 3.05) is 13.6 Å². The van der Waals surface area contributed by atoms with Gasteiger partial charge in [-0.15, -0.1) is 0 Å². The van der Waals surface area contributed by atoms with E-state index < -0.39 is 0 Å². The first-order chi connectivity index (χ1) is 3.84. The van der Waals surface area contributed by atoms with E-state index in [0.29, 0.717) is 0 Å². The van der Waals surface area contributed by atoms with Crippen molar-refractivity contribution in [1.29, 1.82) is 0 Å². The van der Waals surface area contributed by atoms with Crippen molar-refractivity contribution in [2.45, 2.75) is 18.7 Å². The van der Waals surface area contributed by atoms with Gasteiger partial charge in [-0.3, -0.25) is 0 Å². The van der Waals surface area contributed by atoms with Gasteiger partial charge >= 0.3 is 56.4 Å². The molecule has 0 saturated heterocycles. The third kappa shape index (κ3) is 1.12. The number of rotatable bonds is 1. The zero-order chi connectivity index (χ0) is 5.98. The first-order valence-corrected chi connectivity index (χ1v) is 5.52. The van der Waals surface area contributed by atoms with Crippen LogP contribution in [-0.4, -0.2) is 37.7 Å². The quantitative estimate of drug-likeness (QED) is 0.407.